The predicted molar refractivity (Wildman–Crippen MR) is 115 cm³/mol. The number of nitrogens with one attached hydrogen (secondary N) is 1. The summed E-state index contributed by atoms with van der Waals surface area (Å²) in [6, 6.07) is 0.0114. The molecule has 2 heterocycles. The number of hydrogen-bond acceptors (Lipinski definition) is 5. The largest absolute Gasteiger partial charge is 0.362 e. The zero-order chi connectivity index (χ0) is 20.3. The molecule has 0 amide bonds. The zero-order valence-corrected chi connectivity index (χ0v) is 16.9. The Morgan fingerprint density at radius 3 is 2.89 bits per heavy atom. The molecular weight excluding hydrogens is 348 g/mol. The summed E-state index contributed by atoms with van der Waals surface area (Å²) in [6.07, 6.45) is 15.3. The number of allylic oxidation sites excluding steroid dienone is 3. The van der Waals surface area contributed by atoms with Gasteiger partial charge >= 0.3 is 0 Å². The molecule has 0 spiro atoms. The molecule has 0 radical (unpaired) electrons. The molecule has 0 fully saturated rings. The van der Waals surface area contributed by atoms with Crippen molar-refractivity contribution in [3.63, 3.8) is 0 Å². The van der Waals surface area contributed by atoms with E-state index in [1.54, 1.807) is 18.7 Å². The Bertz CT molecular complexity index is 950. The molecule has 146 valence electrons. The number of fused-ring (bicyclic) bond motifs is 1. The van der Waals surface area contributed by atoms with Crippen molar-refractivity contribution in [1.29, 1.82) is 0 Å². The van der Waals surface area contributed by atoms with Gasteiger partial charge in [0.25, 0.3) is 0 Å². The maximum Gasteiger partial charge on any atom is 0.159 e. The molecule has 0 saturated heterocycles. The first-order valence-corrected chi connectivity index (χ1v) is 9.51. The van der Waals surface area contributed by atoms with Crippen LogP contribution >= 0.6 is 0 Å². The Kier molecular flexibility index (Phi) is 5.90. The van der Waals surface area contributed by atoms with E-state index in [1.807, 2.05) is 42.7 Å². The lowest BCUT2D eigenvalue weighted by Crippen LogP contribution is -2.28. The van der Waals surface area contributed by atoms with Gasteiger partial charge in [-0.3, -0.25) is 9.55 Å². The SMILES string of the molecule is C=C(C)/C(=C\C=C/C)[C@H](C)Nc1cncc(-n2cnc3c2C(C)C(N)C=C3)n1. The number of nitrogens with two attached hydrogens (primary N) is 1. The summed E-state index contributed by atoms with van der Waals surface area (Å²) in [5.74, 6) is 1.57. The van der Waals surface area contributed by atoms with Crippen LogP contribution in [0.25, 0.3) is 11.9 Å². The smallest absolute Gasteiger partial charge is 0.159 e. The molecule has 3 N–H and O–H groups in total. The molecule has 1 aliphatic rings. The number of aromatic nitrogens is 4. The van der Waals surface area contributed by atoms with Gasteiger partial charge in [0.05, 0.1) is 29.8 Å². The highest BCUT2D eigenvalue weighted by Crippen LogP contribution is 2.29. The molecule has 28 heavy (non-hydrogen) atoms. The van der Waals surface area contributed by atoms with Crippen molar-refractivity contribution in [2.24, 2.45) is 5.73 Å². The zero-order valence-electron chi connectivity index (χ0n) is 16.9. The van der Waals surface area contributed by atoms with Crippen molar-refractivity contribution >= 4 is 11.9 Å². The Morgan fingerprint density at radius 1 is 1.39 bits per heavy atom. The summed E-state index contributed by atoms with van der Waals surface area (Å²) in [6.45, 7) is 12.3. The fraction of sp³-hybridized carbons (Fsp3) is 0.318. The number of nitrogens with zero attached hydrogens (tertiary/aromatic N) is 4. The first kappa shape index (κ1) is 19.8. The van der Waals surface area contributed by atoms with Crippen LogP contribution in [0.15, 0.2) is 60.8 Å². The maximum absolute atomic E-state index is 6.20. The van der Waals surface area contributed by atoms with Gasteiger partial charge in [0.1, 0.15) is 12.1 Å². The first-order chi connectivity index (χ1) is 13.4. The standard InChI is InChI=1S/C22H28N6/c1-6-7-8-17(14(2)3)16(5)26-20-11-24-12-21(27-20)28-13-25-19-10-9-18(23)15(4)22(19)28/h6-13,15-16,18H,2,23H2,1,3-5H3,(H,26,27)/b7-6-,17-8+/t15?,16-,18?/m0/s1. The van der Waals surface area contributed by atoms with Gasteiger partial charge in [-0.15, -0.1) is 0 Å². The fourth-order valence-electron chi connectivity index (χ4n) is 3.38. The van der Waals surface area contributed by atoms with Gasteiger partial charge in [0.2, 0.25) is 0 Å². The Morgan fingerprint density at radius 2 is 2.18 bits per heavy atom. The second-order valence-corrected chi connectivity index (χ2v) is 7.17. The third-order valence-electron chi connectivity index (χ3n) is 4.98. The molecule has 3 atom stereocenters. The van der Waals surface area contributed by atoms with Gasteiger partial charge in [-0.2, -0.15) is 0 Å². The van der Waals surface area contributed by atoms with Crippen LogP contribution in [0.4, 0.5) is 5.82 Å². The predicted octanol–water partition coefficient (Wildman–Crippen LogP) is 4.00. The normalized spacial score (nSPS) is 20.2. The Balaban J connectivity index is 1.89. The summed E-state index contributed by atoms with van der Waals surface area (Å²) < 4.78 is 1.97. The van der Waals surface area contributed by atoms with Crippen LogP contribution in [0.1, 0.15) is 45.0 Å². The van der Waals surface area contributed by atoms with E-state index in [-0.39, 0.29) is 18.0 Å². The van der Waals surface area contributed by atoms with Crippen LogP contribution in [0.3, 0.4) is 0 Å². The lowest BCUT2D eigenvalue weighted by Gasteiger charge is -2.23. The summed E-state index contributed by atoms with van der Waals surface area (Å²) in [7, 11) is 0. The van der Waals surface area contributed by atoms with E-state index in [0.717, 1.165) is 28.4 Å². The molecule has 0 saturated carbocycles. The molecule has 0 aliphatic heterocycles. The molecule has 6 nitrogen and oxygen atoms in total. The monoisotopic (exact) mass is 376 g/mol. The highest BCUT2D eigenvalue weighted by atomic mass is 15.2. The van der Waals surface area contributed by atoms with Gasteiger partial charge in [0, 0.05) is 12.0 Å². The number of hydrogen-bond donors (Lipinski definition) is 2. The van der Waals surface area contributed by atoms with Crippen LogP contribution < -0.4 is 11.1 Å². The third kappa shape index (κ3) is 3.97. The Labute approximate surface area is 166 Å². The quantitative estimate of drug-likeness (QED) is 0.745. The van der Waals surface area contributed by atoms with Crippen LogP contribution in [0, 0.1) is 0 Å². The number of rotatable bonds is 6. The van der Waals surface area contributed by atoms with Crippen molar-refractivity contribution in [3.8, 4) is 5.82 Å². The molecule has 2 aromatic heterocycles. The first-order valence-electron chi connectivity index (χ1n) is 9.51. The van der Waals surface area contributed by atoms with Gasteiger partial charge in [-0.1, -0.05) is 43.4 Å². The lowest BCUT2D eigenvalue weighted by molar-refractivity contribution is 0.624. The molecule has 0 bridgehead atoms. The van der Waals surface area contributed by atoms with Crippen molar-refractivity contribution in [2.45, 2.75) is 45.7 Å². The topological polar surface area (TPSA) is 81.7 Å². The van der Waals surface area contributed by atoms with Crippen molar-refractivity contribution in [3.05, 3.63) is 72.1 Å². The summed E-state index contributed by atoms with van der Waals surface area (Å²) in [5.41, 5.74) is 10.3. The van der Waals surface area contributed by atoms with E-state index in [2.05, 4.69) is 41.8 Å². The second kappa shape index (κ2) is 8.35. The number of imidazole rings is 1. The molecule has 0 aromatic carbocycles. The van der Waals surface area contributed by atoms with Crippen molar-refractivity contribution < 1.29 is 0 Å². The van der Waals surface area contributed by atoms with E-state index in [4.69, 9.17) is 10.7 Å². The van der Waals surface area contributed by atoms with Gasteiger partial charge in [-0.25, -0.2) is 9.97 Å². The summed E-state index contributed by atoms with van der Waals surface area (Å²) >= 11 is 0. The van der Waals surface area contributed by atoms with E-state index >= 15 is 0 Å². The van der Waals surface area contributed by atoms with E-state index in [9.17, 15) is 0 Å². The van der Waals surface area contributed by atoms with Crippen molar-refractivity contribution in [1.82, 2.24) is 19.5 Å². The maximum atomic E-state index is 6.20. The highest BCUT2D eigenvalue weighted by molar-refractivity contribution is 5.55. The average Bonchev–Trinajstić information content (AvgIpc) is 3.10. The van der Waals surface area contributed by atoms with Crippen LogP contribution in [0.5, 0.6) is 0 Å². The summed E-state index contributed by atoms with van der Waals surface area (Å²) in [4.78, 5) is 13.6. The van der Waals surface area contributed by atoms with Crippen LogP contribution in [-0.2, 0) is 0 Å². The highest BCUT2D eigenvalue weighted by Gasteiger charge is 2.25. The van der Waals surface area contributed by atoms with Gasteiger partial charge in [0.15, 0.2) is 5.82 Å². The minimum atomic E-state index is -0.0351. The average molecular weight is 377 g/mol. The van der Waals surface area contributed by atoms with Crippen LogP contribution in [-0.4, -0.2) is 31.6 Å². The van der Waals surface area contributed by atoms with E-state index < -0.39 is 0 Å². The molecule has 2 unspecified atom stereocenters. The van der Waals surface area contributed by atoms with E-state index in [0.29, 0.717) is 5.82 Å². The molecule has 6 heteroatoms. The molecule has 1 aliphatic carbocycles. The number of anilines is 1. The van der Waals surface area contributed by atoms with Crippen molar-refractivity contribution in [2.75, 3.05) is 5.32 Å². The third-order valence-corrected chi connectivity index (χ3v) is 4.98. The minimum Gasteiger partial charge on any atom is -0.362 e. The molecule has 2 aromatic rings. The molecular formula is C22H28N6. The second-order valence-electron chi connectivity index (χ2n) is 7.17. The van der Waals surface area contributed by atoms with E-state index in [1.165, 1.54) is 0 Å². The lowest BCUT2D eigenvalue weighted by atomic mass is 9.92. The minimum absolute atomic E-state index is 0.0351. The van der Waals surface area contributed by atoms with Gasteiger partial charge in [-0.05, 0) is 32.4 Å². The fourth-order valence-corrected chi connectivity index (χ4v) is 3.38. The van der Waals surface area contributed by atoms with Gasteiger partial charge < -0.3 is 11.1 Å². The Hall–Kier alpha value is -2.99. The van der Waals surface area contributed by atoms with Crippen LogP contribution in [0.2, 0.25) is 0 Å². The summed E-state index contributed by atoms with van der Waals surface area (Å²) in [5, 5.41) is 3.43. The molecule has 3 rings (SSSR count).